The van der Waals surface area contributed by atoms with E-state index in [1.54, 1.807) is 11.9 Å². The van der Waals surface area contributed by atoms with Crippen molar-refractivity contribution in [2.45, 2.75) is 13.8 Å². The van der Waals surface area contributed by atoms with Gasteiger partial charge in [-0.3, -0.25) is 4.79 Å². The van der Waals surface area contributed by atoms with Gasteiger partial charge < -0.3 is 15.4 Å². The molecule has 18 heavy (non-hydrogen) atoms. The van der Waals surface area contributed by atoms with Crippen molar-refractivity contribution in [3.63, 3.8) is 0 Å². The lowest BCUT2D eigenvalue weighted by molar-refractivity contribution is -0.128. The van der Waals surface area contributed by atoms with E-state index in [1.807, 2.05) is 26.0 Å². The van der Waals surface area contributed by atoms with Crippen molar-refractivity contribution in [1.29, 1.82) is 0 Å². The number of carbonyl (C=O) groups is 1. The minimum Gasteiger partial charge on any atom is -0.492 e. The zero-order chi connectivity index (χ0) is 13.7. The molecule has 0 aromatic heterocycles. The second-order valence-electron chi connectivity index (χ2n) is 4.24. The van der Waals surface area contributed by atoms with E-state index in [9.17, 15) is 4.79 Å². The van der Waals surface area contributed by atoms with Crippen molar-refractivity contribution in [1.82, 2.24) is 4.90 Å². The van der Waals surface area contributed by atoms with Crippen LogP contribution < -0.4 is 10.5 Å². The zero-order valence-corrected chi connectivity index (χ0v) is 11.8. The number of hydrogen-bond donors (Lipinski definition) is 1. The van der Waals surface area contributed by atoms with Crippen LogP contribution in [0.1, 0.15) is 11.1 Å². The summed E-state index contributed by atoms with van der Waals surface area (Å²) < 4.78 is 5.59. The van der Waals surface area contributed by atoms with Gasteiger partial charge in [-0.05, 0) is 37.1 Å². The van der Waals surface area contributed by atoms with E-state index in [0.717, 1.165) is 21.9 Å². The predicted molar refractivity (Wildman–Crippen MR) is 73.1 cm³/mol. The molecular weight excluding hydrogens is 252 g/mol. The van der Waals surface area contributed by atoms with Crippen LogP contribution in [0.3, 0.4) is 0 Å². The summed E-state index contributed by atoms with van der Waals surface area (Å²) in [5.74, 6) is 0.671. The third kappa shape index (κ3) is 3.89. The Morgan fingerprint density at radius 2 is 1.94 bits per heavy atom. The van der Waals surface area contributed by atoms with E-state index >= 15 is 0 Å². The van der Waals surface area contributed by atoms with Crippen LogP contribution in [-0.2, 0) is 4.79 Å². The Bertz CT molecular complexity index is 412. The number of likely N-dealkylation sites (N-methyl/N-ethyl adjacent to an activating group) is 1. The van der Waals surface area contributed by atoms with Crippen LogP contribution in [-0.4, -0.2) is 37.6 Å². The van der Waals surface area contributed by atoms with Gasteiger partial charge in [0.2, 0.25) is 5.91 Å². The largest absolute Gasteiger partial charge is 0.492 e. The van der Waals surface area contributed by atoms with E-state index < -0.39 is 0 Å². The molecule has 0 saturated heterocycles. The number of nitrogens with two attached hydrogens (primary N) is 1. The maximum absolute atomic E-state index is 11.2. The Hall–Kier alpha value is -1.26. The number of aryl methyl sites for hydroxylation is 2. The van der Waals surface area contributed by atoms with E-state index in [1.165, 1.54) is 0 Å². The molecule has 5 heteroatoms. The summed E-state index contributed by atoms with van der Waals surface area (Å²) >= 11 is 6.07. The smallest absolute Gasteiger partial charge is 0.236 e. The summed E-state index contributed by atoms with van der Waals surface area (Å²) in [6.07, 6.45) is 0. The Kier molecular flexibility index (Phi) is 5.44. The number of amides is 1. The molecule has 0 heterocycles. The molecule has 1 aromatic carbocycles. The molecule has 100 valence electrons. The predicted octanol–water partition coefficient (Wildman–Crippen LogP) is 1.75. The van der Waals surface area contributed by atoms with Crippen LogP contribution in [0.4, 0.5) is 0 Å². The molecule has 0 radical (unpaired) electrons. The van der Waals surface area contributed by atoms with Gasteiger partial charge in [-0.1, -0.05) is 11.6 Å². The number of rotatable bonds is 5. The topological polar surface area (TPSA) is 55.6 Å². The van der Waals surface area contributed by atoms with Crippen molar-refractivity contribution in [3.05, 3.63) is 28.3 Å². The molecular formula is C13H19ClN2O2. The molecule has 2 N–H and O–H groups in total. The van der Waals surface area contributed by atoms with E-state index in [2.05, 4.69) is 0 Å². The molecule has 0 spiro atoms. The lowest BCUT2D eigenvalue weighted by atomic mass is 10.1. The minimum absolute atomic E-state index is 0.0235. The van der Waals surface area contributed by atoms with Crippen LogP contribution in [0.2, 0.25) is 5.02 Å². The normalized spacial score (nSPS) is 10.3. The molecule has 0 aliphatic rings. The van der Waals surface area contributed by atoms with Gasteiger partial charge in [0.15, 0.2) is 0 Å². The van der Waals surface area contributed by atoms with Gasteiger partial charge >= 0.3 is 0 Å². The molecule has 1 aromatic rings. The van der Waals surface area contributed by atoms with Crippen molar-refractivity contribution in [3.8, 4) is 5.75 Å². The average molecular weight is 271 g/mol. The molecule has 1 amide bonds. The molecule has 0 unspecified atom stereocenters. The molecule has 4 nitrogen and oxygen atoms in total. The molecule has 0 bridgehead atoms. The molecule has 1 rings (SSSR count). The van der Waals surface area contributed by atoms with Gasteiger partial charge in [0.1, 0.15) is 12.4 Å². The first-order valence-corrected chi connectivity index (χ1v) is 6.17. The van der Waals surface area contributed by atoms with E-state index in [0.29, 0.717) is 13.2 Å². The number of ether oxygens (including phenoxy) is 1. The first kappa shape index (κ1) is 14.8. The van der Waals surface area contributed by atoms with Crippen LogP contribution in [0.25, 0.3) is 0 Å². The highest BCUT2D eigenvalue weighted by molar-refractivity contribution is 6.32. The fourth-order valence-electron chi connectivity index (χ4n) is 1.57. The Labute approximate surface area is 113 Å². The summed E-state index contributed by atoms with van der Waals surface area (Å²) in [5, 5.41) is 0.762. The second kappa shape index (κ2) is 6.61. The number of halogens is 1. The van der Waals surface area contributed by atoms with E-state index in [-0.39, 0.29) is 12.5 Å². The monoisotopic (exact) mass is 270 g/mol. The quantitative estimate of drug-likeness (QED) is 0.887. The molecule has 0 aliphatic carbocycles. The van der Waals surface area contributed by atoms with Crippen molar-refractivity contribution in [2.24, 2.45) is 5.73 Å². The highest BCUT2D eigenvalue weighted by Crippen LogP contribution is 2.25. The van der Waals surface area contributed by atoms with Gasteiger partial charge in [0, 0.05) is 12.1 Å². The number of benzene rings is 1. The van der Waals surface area contributed by atoms with Crippen LogP contribution in [0, 0.1) is 13.8 Å². The van der Waals surface area contributed by atoms with Gasteiger partial charge in [-0.2, -0.15) is 0 Å². The van der Waals surface area contributed by atoms with Crippen LogP contribution >= 0.6 is 11.6 Å². The Morgan fingerprint density at radius 3 is 2.44 bits per heavy atom. The summed E-state index contributed by atoms with van der Waals surface area (Å²) in [7, 11) is 1.71. The van der Waals surface area contributed by atoms with Gasteiger partial charge in [0.25, 0.3) is 0 Å². The van der Waals surface area contributed by atoms with Crippen molar-refractivity contribution < 1.29 is 9.53 Å². The summed E-state index contributed by atoms with van der Waals surface area (Å²) in [4.78, 5) is 12.8. The lowest BCUT2D eigenvalue weighted by Gasteiger charge is -2.17. The van der Waals surface area contributed by atoms with Gasteiger partial charge in [-0.15, -0.1) is 0 Å². The van der Waals surface area contributed by atoms with Crippen molar-refractivity contribution in [2.75, 3.05) is 26.7 Å². The summed E-state index contributed by atoms with van der Waals surface area (Å²) in [5.41, 5.74) is 7.23. The Morgan fingerprint density at radius 1 is 1.39 bits per heavy atom. The van der Waals surface area contributed by atoms with Gasteiger partial charge in [0.05, 0.1) is 13.1 Å². The van der Waals surface area contributed by atoms with E-state index in [4.69, 9.17) is 22.1 Å². The first-order valence-electron chi connectivity index (χ1n) is 5.79. The third-order valence-corrected chi connectivity index (χ3v) is 3.30. The number of hydrogen-bond acceptors (Lipinski definition) is 3. The highest BCUT2D eigenvalue weighted by Gasteiger charge is 2.07. The zero-order valence-electron chi connectivity index (χ0n) is 11.0. The SMILES string of the molecule is Cc1cc(OCCN(C)C(=O)CN)cc(C)c1Cl. The molecule has 0 fully saturated rings. The second-order valence-corrected chi connectivity index (χ2v) is 4.62. The number of nitrogens with zero attached hydrogens (tertiary/aromatic N) is 1. The van der Waals surface area contributed by atoms with Crippen molar-refractivity contribution >= 4 is 17.5 Å². The summed E-state index contributed by atoms with van der Waals surface area (Å²) in [6.45, 7) is 4.84. The number of carbonyl (C=O) groups excluding carboxylic acids is 1. The average Bonchev–Trinajstić information content (AvgIpc) is 2.34. The molecule has 0 atom stereocenters. The maximum Gasteiger partial charge on any atom is 0.236 e. The van der Waals surface area contributed by atoms with Crippen LogP contribution in [0.5, 0.6) is 5.75 Å². The van der Waals surface area contributed by atoms with Gasteiger partial charge in [-0.25, -0.2) is 0 Å². The third-order valence-electron chi connectivity index (χ3n) is 2.71. The molecule has 0 aliphatic heterocycles. The Balaban J connectivity index is 2.52. The standard InChI is InChI=1S/C13H19ClN2O2/c1-9-6-11(7-10(2)13(9)14)18-5-4-16(3)12(17)8-15/h6-7H,4-5,8,15H2,1-3H3. The fourth-order valence-corrected chi connectivity index (χ4v) is 1.68. The first-order chi connectivity index (χ1) is 8.45. The minimum atomic E-state index is -0.0953. The summed E-state index contributed by atoms with van der Waals surface area (Å²) in [6, 6.07) is 3.78. The van der Waals surface area contributed by atoms with Crippen LogP contribution in [0.15, 0.2) is 12.1 Å². The molecule has 0 saturated carbocycles. The lowest BCUT2D eigenvalue weighted by Crippen LogP contribution is -2.35. The highest BCUT2D eigenvalue weighted by atomic mass is 35.5. The maximum atomic E-state index is 11.2. The fraction of sp³-hybridized carbons (Fsp3) is 0.462.